The molecular weight excluding hydrogens is 764 g/mol. The number of carbonyl (C=O) groups excluding carboxylic acids is 2. The van der Waals surface area contributed by atoms with E-state index >= 15 is 0 Å². The van der Waals surface area contributed by atoms with E-state index in [1.54, 1.807) is 29.5 Å². The molecule has 2 aliphatic heterocycles. The Morgan fingerprint density at radius 3 is 2.26 bits per heavy atom. The molecule has 1 aromatic heterocycles. The second-order valence-corrected chi connectivity index (χ2v) is 18.5. The fourth-order valence-corrected chi connectivity index (χ4v) is 10.5. The maximum atomic E-state index is 13.4. The lowest BCUT2D eigenvalue weighted by Crippen LogP contribution is -2.74. The van der Waals surface area contributed by atoms with Crippen LogP contribution in [0.25, 0.3) is 10.4 Å². The van der Waals surface area contributed by atoms with Gasteiger partial charge in [-0.15, -0.1) is 11.3 Å². The van der Waals surface area contributed by atoms with Crippen LogP contribution in [0.1, 0.15) is 98.6 Å². The number of carbonyl (C=O) groups is 2. The molecule has 0 bridgehead atoms. The number of ether oxygens (including phenoxy) is 1. The number of aryl methyl sites for hydroxylation is 1. The maximum Gasteiger partial charge on any atom is 0.251 e. The van der Waals surface area contributed by atoms with Crippen molar-refractivity contribution in [3.63, 3.8) is 0 Å². The number of nitrogens with one attached hydrogen (secondary N) is 1. The maximum absolute atomic E-state index is 13.4. The summed E-state index contributed by atoms with van der Waals surface area (Å²) < 4.78 is 6.37. The highest BCUT2D eigenvalue weighted by molar-refractivity contribution is 7.13. The highest BCUT2D eigenvalue weighted by Crippen LogP contribution is 2.55. The van der Waals surface area contributed by atoms with Crippen LogP contribution in [0.5, 0.6) is 5.75 Å². The Hall–Kier alpha value is -4.71. The highest BCUT2D eigenvalue weighted by Gasteiger charge is 2.64. The van der Waals surface area contributed by atoms with Gasteiger partial charge < -0.3 is 25.6 Å². The van der Waals surface area contributed by atoms with Crippen LogP contribution in [0.3, 0.4) is 0 Å². The summed E-state index contributed by atoms with van der Waals surface area (Å²) in [5, 5.41) is 12.8. The van der Waals surface area contributed by atoms with Gasteiger partial charge in [0.25, 0.3) is 5.91 Å². The zero-order valence-electron chi connectivity index (χ0n) is 34.1. The van der Waals surface area contributed by atoms with Gasteiger partial charge in [0, 0.05) is 71.6 Å². The number of hydrogen-bond donors (Lipinski definition) is 2. The van der Waals surface area contributed by atoms with Crippen LogP contribution in [-0.4, -0.2) is 71.0 Å². The fraction of sp³-hybridized carbons (Fsp3) is 0.447. The predicted octanol–water partition coefficient (Wildman–Crippen LogP) is 8.40. The summed E-state index contributed by atoms with van der Waals surface area (Å²) >= 11 is 7.88. The predicted molar refractivity (Wildman–Crippen MR) is 230 cm³/mol. The Bertz CT molecular complexity index is 2200. The third kappa shape index (κ3) is 8.82. The molecule has 1 saturated carbocycles. The van der Waals surface area contributed by atoms with E-state index in [1.807, 2.05) is 53.7 Å². The van der Waals surface area contributed by atoms with Gasteiger partial charge in [-0.1, -0.05) is 75.4 Å². The number of amides is 2. The molecule has 3 N–H and O–H groups in total. The number of thiazole rings is 1. The first-order valence-corrected chi connectivity index (χ1v) is 21.6. The Kier molecular flexibility index (Phi) is 12.3. The van der Waals surface area contributed by atoms with Crippen molar-refractivity contribution >= 4 is 34.8 Å². The number of likely N-dealkylation sites (tertiary alicyclic amines) is 2. The van der Waals surface area contributed by atoms with E-state index in [9.17, 15) is 14.9 Å². The van der Waals surface area contributed by atoms with Crippen molar-refractivity contribution in [3.05, 3.63) is 105 Å². The van der Waals surface area contributed by atoms with E-state index in [-0.39, 0.29) is 40.8 Å². The van der Waals surface area contributed by atoms with E-state index in [2.05, 4.69) is 72.9 Å². The normalized spacial score (nSPS) is 21.2. The monoisotopic (exact) mass is 816 g/mol. The standard InChI is InChI=1S/C47H53ClN6O3S/c1-30-42(58-29-51-30)34-14-12-33(13-15-34)40(50)27-41(55)54-24-20-37(21-25-54)53-22-18-32(19-23-53)7-6-31-8-10-35(11-9-31)43(56)52-44-46(2,3)45(47(44,4)5)57-38-17-16-36(28-49)39(48)26-38/h8-17,26,29,32,37,40,44-45H,18-25,27,50H2,1-5H3,(H,52,56)/t40-,44?,45?/m1/s1. The zero-order chi connectivity index (χ0) is 41.2. The second kappa shape index (κ2) is 17.3. The van der Waals surface area contributed by atoms with E-state index in [0.29, 0.717) is 40.3 Å². The van der Waals surface area contributed by atoms with Crippen molar-refractivity contribution in [3.8, 4) is 34.1 Å². The topological polar surface area (TPSA) is 125 Å². The molecule has 3 aromatic carbocycles. The second-order valence-electron chi connectivity index (χ2n) is 17.3. The van der Waals surface area contributed by atoms with Crippen LogP contribution >= 0.6 is 22.9 Å². The molecule has 2 amide bonds. The third-order valence-corrected chi connectivity index (χ3v) is 13.9. The molecule has 11 heteroatoms. The average Bonchev–Trinajstić information content (AvgIpc) is 3.66. The quantitative estimate of drug-likeness (QED) is 0.163. The number of rotatable bonds is 9. The van der Waals surface area contributed by atoms with Crippen molar-refractivity contribution in [1.82, 2.24) is 20.1 Å². The Balaban J connectivity index is 0.834. The number of aromatic nitrogens is 1. The first-order valence-electron chi connectivity index (χ1n) is 20.3. The summed E-state index contributed by atoms with van der Waals surface area (Å²) in [7, 11) is 0. The van der Waals surface area contributed by atoms with E-state index in [4.69, 9.17) is 22.1 Å². The number of halogens is 1. The van der Waals surface area contributed by atoms with Gasteiger partial charge in [-0.2, -0.15) is 5.26 Å². The van der Waals surface area contributed by atoms with Crippen molar-refractivity contribution in [2.45, 2.75) is 91.0 Å². The van der Waals surface area contributed by atoms with Gasteiger partial charge in [0.15, 0.2) is 0 Å². The Morgan fingerprint density at radius 2 is 1.66 bits per heavy atom. The molecule has 1 atom stereocenters. The molecule has 0 unspecified atom stereocenters. The van der Waals surface area contributed by atoms with E-state index < -0.39 is 0 Å². The minimum absolute atomic E-state index is 0.121. The first-order chi connectivity index (χ1) is 27.7. The average molecular weight is 817 g/mol. The Morgan fingerprint density at radius 1 is 0.983 bits per heavy atom. The number of nitrogens with zero attached hydrogens (tertiary/aromatic N) is 4. The van der Waals surface area contributed by atoms with Gasteiger partial charge in [0.1, 0.15) is 17.9 Å². The molecule has 58 heavy (non-hydrogen) atoms. The van der Waals surface area contributed by atoms with Gasteiger partial charge in [-0.3, -0.25) is 9.59 Å². The zero-order valence-corrected chi connectivity index (χ0v) is 35.6. The molecule has 2 saturated heterocycles. The van der Waals surface area contributed by atoms with Crippen molar-refractivity contribution in [2.24, 2.45) is 22.5 Å². The third-order valence-electron chi connectivity index (χ3n) is 12.6. The van der Waals surface area contributed by atoms with Gasteiger partial charge >= 0.3 is 0 Å². The summed E-state index contributed by atoms with van der Waals surface area (Å²) in [5.74, 6) is 7.81. The molecule has 9 nitrogen and oxygen atoms in total. The molecule has 7 rings (SSSR count). The lowest BCUT2D eigenvalue weighted by atomic mass is 9.49. The lowest BCUT2D eigenvalue weighted by Gasteiger charge is -2.63. The molecular formula is C47H53ClN6O3S. The van der Waals surface area contributed by atoms with Crippen LogP contribution in [0, 0.1) is 46.8 Å². The lowest BCUT2D eigenvalue weighted by molar-refractivity contribution is -0.164. The van der Waals surface area contributed by atoms with Crippen LogP contribution in [0.4, 0.5) is 0 Å². The van der Waals surface area contributed by atoms with Gasteiger partial charge in [0.05, 0.1) is 26.7 Å². The SMILES string of the molecule is Cc1ncsc1-c1ccc([C@H](N)CC(=O)N2CCC(N3CCC(C#Cc4ccc(C(=O)NC5C(C)(C)C(Oc6ccc(C#N)c(Cl)c6)C5(C)C)cc4)CC3)CC2)cc1. The van der Waals surface area contributed by atoms with Gasteiger partial charge in [-0.05, 0) is 93.2 Å². The molecule has 4 aromatic rings. The van der Waals surface area contributed by atoms with Crippen molar-refractivity contribution in [1.29, 1.82) is 5.26 Å². The summed E-state index contributed by atoms with van der Waals surface area (Å²) in [5.41, 5.74) is 12.7. The van der Waals surface area contributed by atoms with Crippen molar-refractivity contribution in [2.75, 3.05) is 26.2 Å². The molecule has 3 aliphatic rings. The molecule has 3 fully saturated rings. The Labute approximate surface area is 351 Å². The summed E-state index contributed by atoms with van der Waals surface area (Å²) in [6.45, 7) is 14.0. The van der Waals surface area contributed by atoms with E-state index in [1.165, 1.54) is 0 Å². The number of nitrogens with two attached hydrogens (primary N) is 1. The molecule has 0 spiro atoms. The van der Waals surface area contributed by atoms with Crippen LogP contribution in [-0.2, 0) is 4.79 Å². The fourth-order valence-electron chi connectivity index (χ4n) is 9.49. The molecule has 0 radical (unpaired) electrons. The molecule has 3 heterocycles. The van der Waals surface area contributed by atoms with Crippen LogP contribution in [0.2, 0.25) is 5.02 Å². The van der Waals surface area contributed by atoms with Crippen molar-refractivity contribution < 1.29 is 14.3 Å². The number of hydrogen-bond acceptors (Lipinski definition) is 8. The minimum atomic E-state index is -0.345. The number of benzene rings is 3. The van der Waals surface area contributed by atoms with Crippen LogP contribution < -0.4 is 15.8 Å². The molecule has 302 valence electrons. The van der Waals surface area contributed by atoms with E-state index in [0.717, 1.165) is 79.1 Å². The van der Waals surface area contributed by atoms with Crippen LogP contribution in [0.15, 0.2) is 72.2 Å². The summed E-state index contributed by atoms with van der Waals surface area (Å²) in [6.07, 6.45) is 4.16. The summed E-state index contributed by atoms with van der Waals surface area (Å²) in [6, 6.07) is 23.0. The van der Waals surface area contributed by atoms with Gasteiger partial charge in [0.2, 0.25) is 5.91 Å². The van der Waals surface area contributed by atoms with Gasteiger partial charge in [-0.25, -0.2) is 4.98 Å². The highest BCUT2D eigenvalue weighted by atomic mass is 35.5. The number of nitriles is 1. The largest absolute Gasteiger partial charge is 0.489 e. The number of piperidine rings is 2. The first kappa shape index (κ1) is 41.4. The molecule has 1 aliphatic carbocycles. The minimum Gasteiger partial charge on any atom is -0.489 e. The smallest absolute Gasteiger partial charge is 0.251 e. The summed E-state index contributed by atoms with van der Waals surface area (Å²) in [4.78, 5) is 36.7.